The summed E-state index contributed by atoms with van der Waals surface area (Å²) < 4.78 is 1.02. The first-order valence-electron chi connectivity index (χ1n) is 11.5. The van der Waals surface area contributed by atoms with Crippen LogP contribution in [0.1, 0.15) is 25.3 Å². The summed E-state index contributed by atoms with van der Waals surface area (Å²) in [6.45, 7) is 7.35. The van der Waals surface area contributed by atoms with Crippen molar-refractivity contribution >= 4 is 33.0 Å². The summed E-state index contributed by atoms with van der Waals surface area (Å²) >= 11 is 1.58. The number of piperidine rings is 1. The van der Waals surface area contributed by atoms with E-state index >= 15 is 0 Å². The number of nitrogens with two attached hydrogens (primary N) is 2. The molecule has 1 aromatic carbocycles. The Hall–Kier alpha value is -2.75. The molecule has 1 amide bonds. The molecule has 2 aliphatic heterocycles. The first-order chi connectivity index (χ1) is 15.9. The Labute approximate surface area is 198 Å². The highest BCUT2D eigenvalue weighted by molar-refractivity contribution is 7.17. The van der Waals surface area contributed by atoms with Crippen LogP contribution >= 0.6 is 11.3 Å². The second-order valence-corrected chi connectivity index (χ2v) is 9.79. The number of nitrogens with one attached hydrogen (secondary N) is 2. The fourth-order valence-corrected chi connectivity index (χ4v) is 5.36. The number of allylic oxidation sites excluding steroid dienone is 2. The van der Waals surface area contributed by atoms with Gasteiger partial charge in [-0.1, -0.05) is 0 Å². The SMILES string of the molecule is CC(/C=C(\N)NC1CCCN(CC(=O)N2CCNCC2)C1)=C(/N)c1ccc2sccc2c1O. The van der Waals surface area contributed by atoms with E-state index in [0.29, 0.717) is 23.6 Å². The zero-order valence-corrected chi connectivity index (χ0v) is 20.0. The number of rotatable bonds is 6. The third-order valence-electron chi connectivity index (χ3n) is 6.40. The van der Waals surface area contributed by atoms with Crippen LogP contribution in [0.5, 0.6) is 5.75 Å². The molecule has 7 N–H and O–H groups in total. The number of phenolic OH excluding ortho intramolecular Hbond substituents is 1. The standard InChI is InChI=1S/C24H34N6O2S/c1-16(23(26)19-4-5-20-18(24(19)32)6-12-33-20)13-21(25)28-17-3-2-9-29(14-17)15-22(31)30-10-7-27-8-11-30/h4-6,12-13,17,27-28,32H,2-3,7-11,14-15,25-26H2,1H3/b21-13+,23-16-. The number of benzene rings is 1. The van der Waals surface area contributed by atoms with Crippen molar-refractivity contribution in [3.63, 3.8) is 0 Å². The van der Waals surface area contributed by atoms with Crippen molar-refractivity contribution < 1.29 is 9.90 Å². The fraction of sp³-hybridized carbons (Fsp3) is 0.458. The van der Waals surface area contributed by atoms with Gasteiger partial charge >= 0.3 is 0 Å². The highest BCUT2D eigenvalue weighted by Gasteiger charge is 2.24. The minimum Gasteiger partial charge on any atom is -0.507 e. The summed E-state index contributed by atoms with van der Waals surface area (Å²) in [5.41, 5.74) is 14.6. The molecule has 9 heteroatoms. The van der Waals surface area contributed by atoms with Crippen LogP contribution in [0.2, 0.25) is 0 Å². The quantitative estimate of drug-likeness (QED) is 0.407. The van der Waals surface area contributed by atoms with Crippen molar-refractivity contribution in [1.29, 1.82) is 0 Å². The van der Waals surface area contributed by atoms with E-state index in [1.807, 2.05) is 41.5 Å². The van der Waals surface area contributed by atoms with Crippen molar-refractivity contribution in [1.82, 2.24) is 20.4 Å². The molecule has 8 nitrogen and oxygen atoms in total. The number of carbonyl (C=O) groups excluding carboxylic acids is 1. The number of phenols is 1. The van der Waals surface area contributed by atoms with Gasteiger partial charge in [-0.3, -0.25) is 9.69 Å². The van der Waals surface area contributed by atoms with E-state index in [0.717, 1.165) is 67.8 Å². The van der Waals surface area contributed by atoms with Gasteiger partial charge in [0.1, 0.15) is 5.75 Å². The zero-order valence-electron chi connectivity index (χ0n) is 19.1. The van der Waals surface area contributed by atoms with E-state index in [-0.39, 0.29) is 17.7 Å². The van der Waals surface area contributed by atoms with Gasteiger partial charge in [-0.25, -0.2) is 0 Å². The Morgan fingerprint density at radius 3 is 2.85 bits per heavy atom. The smallest absolute Gasteiger partial charge is 0.236 e. The van der Waals surface area contributed by atoms with Crippen molar-refractivity contribution in [2.75, 3.05) is 45.8 Å². The Kier molecular flexibility index (Phi) is 7.42. The van der Waals surface area contributed by atoms with Crippen LogP contribution in [0.3, 0.4) is 0 Å². The summed E-state index contributed by atoms with van der Waals surface area (Å²) in [5.74, 6) is 0.934. The van der Waals surface area contributed by atoms with E-state index < -0.39 is 0 Å². The average molecular weight is 471 g/mol. The van der Waals surface area contributed by atoms with Crippen LogP contribution in [-0.2, 0) is 4.79 Å². The molecule has 0 aliphatic carbocycles. The van der Waals surface area contributed by atoms with Crippen LogP contribution in [-0.4, -0.2) is 72.7 Å². The lowest BCUT2D eigenvalue weighted by molar-refractivity contribution is -0.133. The molecule has 2 saturated heterocycles. The molecule has 2 aliphatic rings. The number of fused-ring (bicyclic) bond motifs is 1. The number of carbonyl (C=O) groups is 1. The summed E-state index contributed by atoms with van der Waals surface area (Å²) in [6, 6.07) is 5.89. The van der Waals surface area contributed by atoms with E-state index in [9.17, 15) is 9.90 Å². The average Bonchev–Trinajstić information content (AvgIpc) is 3.29. The third-order valence-corrected chi connectivity index (χ3v) is 7.28. The van der Waals surface area contributed by atoms with Crippen molar-refractivity contribution in [3.05, 3.63) is 46.6 Å². The molecule has 1 aromatic heterocycles. The normalized spacial score (nSPS) is 21.2. The topological polar surface area (TPSA) is 120 Å². The first-order valence-corrected chi connectivity index (χ1v) is 12.4. The Balaban J connectivity index is 1.38. The van der Waals surface area contributed by atoms with E-state index in [2.05, 4.69) is 15.5 Å². The molecule has 0 spiro atoms. The molecule has 2 aromatic rings. The van der Waals surface area contributed by atoms with Gasteiger partial charge < -0.3 is 32.1 Å². The molecule has 0 bridgehead atoms. The second kappa shape index (κ2) is 10.5. The highest BCUT2D eigenvalue weighted by Crippen LogP contribution is 2.35. The molecule has 3 heterocycles. The summed E-state index contributed by atoms with van der Waals surface area (Å²) in [4.78, 5) is 16.8. The number of amides is 1. The lowest BCUT2D eigenvalue weighted by Crippen LogP contribution is -2.52. The van der Waals surface area contributed by atoms with Gasteiger partial charge in [0.25, 0.3) is 0 Å². The Morgan fingerprint density at radius 1 is 1.27 bits per heavy atom. The minimum absolute atomic E-state index is 0.176. The van der Waals surface area contributed by atoms with E-state index in [1.165, 1.54) is 0 Å². The van der Waals surface area contributed by atoms with Gasteiger partial charge in [-0.05, 0) is 61.5 Å². The molecule has 1 atom stereocenters. The fourth-order valence-electron chi connectivity index (χ4n) is 4.57. The van der Waals surface area contributed by atoms with Crippen molar-refractivity contribution in [2.24, 2.45) is 11.5 Å². The summed E-state index contributed by atoms with van der Waals surface area (Å²) in [7, 11) is 0. The second-order valence-electron chi connectivity index (χ2n) is 8.84. The van der Waals surface area contributed by atoms with Crippen LogP contribution in [0.25, 0.3) is 15.8 Å². The Morgan fingerprint density at radius 2 is 2.06 bits per heavy atom. The predicted molar refractivity (Wildman–Crippen MR) is 135 cm³/mol. The molecule has 0 saturated carbocycles. The lowest BCUT2D eigenvalue weighted by atomic mass is 10.0. The van der Waals surface area contributed by atoms with Crippen LogP contribution in [0, 0.1) is 0 Å². The molecule has 2 fully saturated rings. The zero-order chi connectivity index (χ0) is 23.4. The van der Waals surface area contributed by atoms with Gasteiger partial charge in [0.05, 0.1) is 12.4 Å². The predicted octanol–water partition coefficient (Wildman–Crippen LogP) is 1.58. The molecular weight excluding hydrogens is 436 g/mol. The maximum atomic E-state index is 12.6. The molecule has 1 unspecified atom stereocenters. The highest BCUT2D eigenvalue weighted by atomic mass is 32.1. The largest absolute Gasteiger partial charge is 0.507 e. The van der Waals surface area contributed by atoms with Gasteiger partial charge in [0.15, 0.2) is 0 Å². The van der Waals surface area contributed by atoms with Gasteiger partial charge in [-0.2, -0.15) is 0 Å². The maximum absolute atomic E-state index is 12.6. The van der Waals surface area contributed by atoms with Gasteiger partial charge in [0, 0.05) is 60.1 Å². The molecule has 0 radical (unpaired) electrons. The lowest BCUT2D eigenvalue weighted by Gasteiger charge is -2.35. The van der Waals surface area contributed by atoms with Crippen molar-refractivity contribution in [2.45, 2.75) is 25.8 Å². The minimum atomic E-state index is 0.176. The molecule has 4 rings (SSSR count). The number of aromatic hydroxyl groups is 1. The first kappa shape index (κ1) is 23.4. The molecule has 33 heavy (non-hydrogen) atoms. The maximum Gasteiger partial charge on any atom is 0.236 e. The molecular formula is C24H34N6O2S. The van der Waals surface area contributed by atoms with Gasteiger partial charge in [0.2, 0.25) is 5.91 Å². The van der Waals surface area contributed by atoms with E-state index in [4.69, 9.17) is 11.5 Å². The Bertz CT molecular complexity index is 1060. The number of thiophene rings is 1. The third kappa shape index (κ3) is 5.61. The number of hydrogen-bond acceptors (Lipinski definition) is 8. The summed E-state index contributed by atoms with van der Waals surface area (Å²) in [5, 5.41) is 20.1. The number of hydrogen-bond donors (Lipinski definition) is 5. The number of piperazine rings is 1. The number of likely N-dealkylation sites (tertiary alicyclic amines) is 1. The van der Waals surface area contributed by atoms with Gasteiger partial charge in [-0.15, -0.1) is 11.3 Å². The monoisotopic (exact) mass is 470 g/mol. The van der Waals surface area contributed by atoms with Crippen LogP contribution in [0.15, 0.2) is 41.0 Å². The van der Waals surface area contributed by atoms with Crippen molar-refractivity contribution in [3.8, 4) is 5.75 Å². The van der Waals surface area contributed by atoms with Crippen LogP contribution < -0.4 is 22.1 Å². The summed E-state index contributed by atoms with van der Waals surface area (Å²) in [6.07, 6.45) is 3.84. The molecule has 178 valence electrons. The number of nitrogens with zero attached hydrogens (tertiary/aromatic N) is 2. The van der Waals surface area contributed by atoms with Crippen LogP contribution in [0.4, 0.5) is 0 Å². The van der Waals surface area contributed by atoms with E-state index in [1.54, 1.807) is 11.3 Å².